The van der Waals surface area contributed by atoms with E-state index < -0.39 is 0 Å². The molecule has 0 amide bonds. The summed E-state index contributed by atoms with van der Waals surface area (Å²) in [6, 6.07) is 0.907. The molecule has 3 unspecified atom stereocenters. The Morgan fingerprint density at radius 2 is 1.62 bits per heavy atom. The second-order valence-corrected chi connectivity index (χ2v) is 5.40. The van der Waals surface area contributed by atoms with E-state index in [9.17, 15) is 0 Å². The van der Waals surface area contributed by atoms with E-state index in [1.54, 1.807) is 0 Å². The number of hydrogen-bond donors (Lipinski definition) is 1. The van der Waals surface area contributed by atoms with Crippen LogP contribution in [0.4, 0.5) is 0 Å². The maximum absolute atomic E-state index is 3.78. The molecule has 1 saturated heterocycles. The van der Waals surface area contributed by atoms with E-state index >= 15 is 0 Å². The first-order chi connectivity index (χ1) is 6.43. The number of hydrogen-bond acceptors (Lipinski definition) is 1. The van der Waals surface area contributed by atoms with Crippen molar-refractivity contribution in [2.75, 3.05) is 6.54 Å². The highest BCUT2D eigenvalue weighted by Crippen LogP contribution is 2.46. The highest BCUT2D eigenvalue weighted by atomic mass is 15.0. The summed E-state index contributed by atoms with van der Waals surface area (Å²) in [5.74, 6) is 3.25. The summed E-state index contributed by atoms with van der Waals surface area (Å²) >= 11 is 0. The van der Waals surface area contributed by atoms with Crippen LogP contribution in [0, 0.1) is 17.8 Å². The molecule has 3 fully saturated rings. The van der Waals surface area contributed by atoms with Gasteiger partial charge in [0.05, 0.1) is 0 Å². The van der Waals surface area contributed by atoms with Gasteiger partial charge < -0.3 is 5.32 Å². The Labute approximate surface area is 81.3 Å². The maximum Gasteiger partial charge on any atom is 0.00981 e. The van der Waals surface area contributed by atoms with E-state index in [1.807, 2.05) is 0 Å². The van der Waals surface area contributed by atoms with Gasteiger partial charge in [0.15, 0.2) is 0 Å². The van der Waals surface area contributed by atoms with Crippen molar-refractivity contribution < 1.29 is 0 Å². The SMILES string of the molecule is C1CCC(C2CC3CC3CN2)CC1. The van der Waals surface area contributed by atoms with Crippen LogP contribution in [0.3, 0.4) is 0 Å². The maximum atomic E-state index is 3.78. The van der Waals surface area contributed by atoms with Crippen molar-refractivity contribution in [1.82, 2.24) is 5.32 Å². The molecule has 0 radical (unpaired) electrons. The predicted molar refractivity (Wildman–Crippen MR) is 54.6 cm³/mol. The van der Waals surface area contributed by atoms with Gasteiger partial charge in [0, 0.05) is 6.04 Å². The van der Waals surface area contributed by atoms with Crippen LogP contribution < -0.4 is 5.32 Å². The smallest absolute Gasteiger partial charge is 0.00981 e. The molecule has 0 aromatic heterocycles. The molecule has 3 aliphatic rings. The van der Waals surface area contributed by atoms with Gasteiger partial charge in [-0.3, -0.25) is 0 Å². The third-order valence-corrected chi connectivity index (χ3v) is 4.49. The largest absolute Gasteiger partial charge is 0.313 e. The molecule has 0 bridgehead atoms. The Kier molecular flexibility index (Phi) is 2.08. The van der Waals surface area contributed by atoms with Gasteiger partial charge in [0.25, 0.3) is 0 Å². The molecule has 1 aliphatic heterocycles. The molecule has 74 valence electrons. The summed E-state index contributed by atoms with van der Waals surface area (Å²) < 4.78 is 0. The molecule has 1 heteroatoms. The molecule has 1 nitrogen and oxygen atoms in total. The predicted octanol–water partition coefficient (Wildman–Crippen LogP) is 2.56. The average Bonchev–Trinajstić information content (AvgIpc) is 2.96. The fraction of sp³-hybridized carbons (Fsp3) is 1.00. The molecular formula is C12H21N. The van der Waals surface area contributed by atoms with Crippen LogP contribution in [0.1, 0.15) is 44.9 Å². The topological polar surface area (TPSA) is 12.0 Å². The monoisotopic (exact) mass is 179 g/mol. The van der Waals surface area contributed by atoms with Gasteiger partial charge in [-0.2, -0.15) is 0 Å². The molecule has 1 heterocycles. The lowest BCUT2D eigenvalue weighted by atomic mass is 9.81. The van der Waals surface area contributed by atoms with Crippen molar-refractivity contribution in [3.63, 3.8) is 0 Å². The van der Waals surface area contributed by atoms with Crippen LogP contribution >= 0.6 is 0 Å². The summed E-state index contributed by atoms with van der Waals surface area (Å²) in [4.78, 5) is 0. The lowest BCUT2D eigenvalue weighted by molar-refractivity contribution is 0.229. The third kappa shape index (κ3) is 1.63. The molecule has 2 aliphatic carbocycles. The molecule has 3 atom stereocenters. The first-order valence-corrected chi connectivity index (χ1v) is 6.17. The minimum Gasteiger partial charge on any atom is -0.313 e. The first kappa shape index (κ1) is 8.28. The van der Waals surface area contributed by atoms with E-state index in [2.05, 4.69) is 5.32 Å². The van der Waals surface area contributed by atoms with Crippen molar-refractivity contribution in [3.05, 3.63) is 0 Å². The molecule has 3 rings (SSSR count). The number of rotatable bonds is 1. The van der Waals surface area contributed by atoms with Crippen LogP contribution in [-0.2, 0) is 0 Å². The van der Waals surface area contributed by atoms with E-state index in [1.165, 1.54) is 51.5 Å². The highest BCUT2D eigenvalue weighted by molar-refractivity contribution is 4.97. The Morgan fingerprint density at radius 3 is 2.38 bits per heavy atom. The van der Waals surface area contributed by atoms with Crippen molar-refractivity contribution in [3.8, 4) is 0 Å². The van der Waals surface area contributed by atoms with Gasteiger partial charge in [-0.25, -0.2) is 0 Å². The number of piperidine rings is 1. The quantitative estimate of drug-likeness (QED) is 0.652. The molecule has 0 aromatic carbocycles. The van der Waals surface area contributed by atoms with Gasteiger partial charge in [-0.05, 0) is 50.0 Å². The van der Waals surface area contributed by atoms with Crippen molar-refractivity contribution in [1.29, 1.82) is 0 Å². The van der Waals surface area contributed by atoms with Gasteiger partial charge in [0.1, 0.15) is 0 Å². The molecule has 2 saturated carbocycles. The van der Waals surface area contributed by atoms with E-state index in [-0.39, 0.29) is 0 Å². The van der Waals surface area contributed by atoms with Gasteiger partial charge in [-0.1, -0.05) is 19.3 Å². The summed E-state index contributed by atoms with van der Waals surface area (Å²) in [5, 5.41) is 3.78. The lowest BCUT2D eigenvalue weighted by Gasteiger charge is -2.33. The van der Waals surface area contributed by atoms with E-state index in [0.29, 0.717) is 0 Å². The summed E-state index contributed by atoms with van der Waals surface area (Å²) in [6.45, 7) is 1.34. The van der Waals surface area contributed by atoms with Crippen molar-refractivity contribution in [2.24, 2.45) is 17.8 Å². The van der Waals surface area contributed by atoms with Crippen LogP contribution in [-0.4, -0.2) is 12.6 Å². The second-order valence-electron chi connectivity index (χ2n) is 5.40. The zero-order valence-corrected chi connectivity index (χ0v) is 8.47. The number of fused-ring (bicyclic) bond motifs is 1. The minimum atomic E-state index is 0.907. The zero-order chi connectivity index (χ0) is 8.67. The van der Waals surface area contributed by atoms with Crippen LogP contribution in [0.25, 0.3) is 0 Å². The Hall–Kier alpha value is -0.0400. The summed E-state index contributed by atoms with van der Waals surface area (Å²) in [6.07, 6.45) is 10.6. The highest BCUT2D eigenvalue weighted by Gasteiger charge is 2.43. The second kappa shape index (κ2) is 3.27. The normalized spacial score (nSPS) is 45.7. The standard InChI is InChI=1S/C12H21N/c1-2-4-9(5-3-1)12-7-10-6-11(10)8-13-12/h9-13H,1-8H2. The molecule has 1 N–H and O–H groups in total. The Balaban J connectivity index is 1.57. The zero-order valence-electron chi connectivity index (χ0n) is 8.47. The van der Waals surface area contributed by atoms with Gasteiger partial charge >= 0.3 is 0 Å². The average molecular weight is 179 g/mol. The Morgan fingerprint density at radius 1 is 0.769 bits per heavy atom. The van der Waals surface area contributed by atoms with Crippen molar-refractivity contribution in [2.45, 2.75) is 51.0 Å². The first-order valence-electron chi connectivity index (χ1n) is 6.17. The van der Waals surface area contributed by atoms with Crippen molar-refractivity contribution >= 4 is 0 Å². The van der Waals surface area contributed by atoms with Crippen LogP contribution in [0.5, 0.6) is 0 Å². The van der Waals surface area contributed by atoms with Crippen LogP contribution in [0.2, 0.25) is 0 Å². The van der Waals surface area contributed by atoms with E-state index in [0.717, 1.165) is 23.8 Å². The molecule has 0 spiro atoms. The summed E-state index contributed by atoms with van der Waals surface area (Å²) in [5.41, 5.74) is 0. The van der Waals surface area contributed by atoms with Crippen LogP contribution in [0.15, 0.2) is 0 Å². The summed E-state index contributed by atoms with van der Waals surface area (Å²) in [7, 11) is 0. The van der Waals surface area contributed by atoms with Gasteiger partial charge in [-0.15, -0.1) is 0 Å². The van der Waals surface area contributed by atoms with E-state index in [4.69, 9.17) is 0 Å². The molecular weight excluding hydrogens is 158 g/mol. The Bertz CT molecular complexity index is 184. The molecule has 13 heavy (non-hydrogen) atoms. The van der Waals surface area contributed by atoms with Gasteiger partial charge in [0.2, 0.25) is 0 Å². The fourth-order valence-electron chi connectivity index (χ4n) is 3.46. The fourth-order valence-corrected chi connectivity index (χ4v) is 3.46. The lowest BCUT2D eigenvalue weighted by Crippen LogP contribution is -2.41. The third-order valence-electron chi connectivity index (χ3n) is 4.49. The molecule has 0 aromatic rings. The minimum absolute atomic E-state index is 0.907. The number of nitrogens with one attached hydrogen (secondary N) is 1.